The topological polar surface area (TPSA) is 74.2 Å². The third-order valence-corrected chi connectivity index (χ3v) is 8.03. The van der Waals surface area contributed by atoms with Gasteiger partial charge >= 0.3 is 0 Å². The normalized spacial score (nSPS) is 41.9. The molecule has 1 aromatic carbocycles. The molecule has 5 aliphatic rings. The first-order valence-electron chi connectivity index (χ1n) is 10.4. The van der Waals surface area contributed by atoms with Crippen molar-refractivity contribution in [2.45, 2.75) is 67.7 Å². The molecule has 2 saturated carbocycles. The number of nitrogens with one attached hydrogen (secondary N) is 1. The minimum atomic E-state index is -0.817. The van der Waals surface area contributed by atoms with E-state index in [0.717, 1.165) is 50.3 Å². The van der Waals surface area contributed by atoms with E-state index in [1.54, 1.807) is 13.2 Å². The molecule has 3 aliphatic carbocycles. The summed E-state index contributed by atoms with van der Waals surface area (Å²) in [5.74, 6) is 1.59. The zero-order valence-electron chi connectivity index (χ0n) is 15.8. The van der Waals surface area contributed by atoms with Crippen molar-refractivity contribution in [3.8, 4) is 11.5 Å². The number of hydrogen-bond donors (Lipinski definition) is 3. The Morgan fingerprint density at radius 2 is 2.15 bits per heavy atom. The molecule has 6 nitrogen and oxygen atoms in total. The summed E-state index contributed by atoms with van der Waals surface area (Å²) in [7, 11) is 1.63. The number of nitrogens with zero attached hydrogens (tertiary/aromatic N) is 1. The number of ether oxygens (including phenoxy) is 1. The number of rotatable bonds is 4. The molecular formula is C21H28N2O4. The van der Waals surface area contributed by atoms with Crippen molar-refractivity contribution in [1.82, 2.24) is 10.4 Å². The second-order valence-corrected chi connectivity index (χ2v) is 9.26. The van der Waals surface area contributed by atoms with Crippen LogP contribution >= 0.6 is 0 Å². The molecule has 1 spiro atoms. The van der Waals surface area contributed by atoms with Crippen molar-refractivity contribution in [2.24, 2.45) is 5.92 Å². The molecule has 1 aromatic rings. The Labute approximate surface area is 159 Å². The molecule has 5 atom stereocenters. The average Bonchev–Trinajstić information content (AvgIpc) is 3.39. The quantitative estimate of drug-likeness (QED) is 0.695. The van der Waals surface area contributed by atoms with Crippen molar-refractivity contribution in [3.63, 3.8) is 0 Å². The first-order valence-corrected chi connectivity index (χ1v) is 10.4. The van der Waals surface area contributed by atoms with Gasteiger partial charge in [0.05, 0.1) is 24.2 Å². The van der Waals surface area contributed by atoms with E-state index in [2.05, 4.69) is 10.4 Å². The number of phenols is 1. The van der Waals surface area contributed by atoms with E-state index in [1.165, 1.54) is 18.4 Å². The third-order valence-electron chi connectivity index (χ3n) is 8.03. The third kappa shape index (κ3) is 1.95. The number of hydroxylamine groups is 1. The van der Waals surface area contributed by atoms with Crippen LogP contribution < -0.4 is 10.2 Å². The first kappa shape index (κ1) is 16.6. The summed E-state index contributed by atoms with van der Waals surface area (Å²) in [6, 6.07) is 3.93. The Morgan fingerprint density at radius 1 is 1.30 bits per heavy atom. The fourth-order valence-electron chi connectivity index (χ4n) is 6.75. The van der Waals surface area contributed by atoms with Crippen LogP contribution in [-0.4, -0.2) is 59.1 Å². The van der Waals surface area contributed by atoms with Gasteiger partial charge in [-0.25, -0.2) is 0 Å². The van der Waals surface area contributed by atoms with Crippen LogP contribution in [0, 0.1) is 5.92 Å². The van der Waals surface area contributed by atoms with Gasteiger partial charge in [-0.1, -0.05) is 6.07 Å². The predicted octanol–water partition coefficient (Wildman–Crippen LogP) is 1.48. The maximum absolute atomic E-state index is 12.2. The predicted molar refractivity (Wildman–Crippen MR) is 98.7 cm³/mol. The van der Waals surface area contributed by atoms with E-state index in [-0.39, 0.29) is 23.9 Å². The van der Waals surface area contributed by atoms with E-state index >= 15 is 0 Å². The van der Waals surface area contributed by atoms with Crippen LogP contribution in [0.1, 0.15) is 43.2 Å². The summed E-state index contributed by atoms with van der Waals surface area (Å²) in [5.41, 5.74) is 4.13. The van der Waals surface area contributed by atoms with Crippen LogP contribution in [-0.2, 0) is 16.7 Å². The van der Waals surface area contributed by atoms with Gasteiger partial charge in [0.25, 0.3) is 0 Å². The van der Waals surface area contributed by atoms with Gasteiger partial charge in [0, 0.05) is 18.2 Å². The second kappa shape index (κ2) is 5.38. The van der Waals surface area contributed by atoms with E-state index in [9.17, 15) is 10.2 Å². The Hall–Kier alpha value is -1.34. The van der Waals surface area contributed by atoms with Crippen molar-refractivity contribution < 1.29 is 19.8 Å². The highest BCUT2D eigenvalue weighted by atomic mass is 16.6. The highest BCUT2D eigenvalue weighted by molar-refractivity contribution is 5.62. The maximum Gasteiger partial charge on any atom is 0.165 e. The van der Waals surface area contributed by atoms with Gasteiger partial charge in [0.15, 0.2) is 11.5 Å². The fraction of sp³-hybridized carbons (Fsp3) is 0.714. The number of hydrogen-bond acceptors (Lipinski definition) is 6. The van der Waals surface area contributed by atoms with Crippen LogP contribution in [0.2, 0.25) is 0 Å². The summed E-state index contributed by atoms with van der Waals surface area (Å²) in [6.07, 6.45) is 5.67. The van der Waals surface area contributed by atoms with Gasteiger partial charge in [0.1, 0.15) is 6.10 Å². The van der Waals surface area contributed by atoms with Crippen LogP contribution in [0.15, 0.2) is 12.1 Å². The second-order valence-electron chi connectivity index (χ2n) is 9.26. The first-order chi connectivity index (χ1) is 13.1. The minimum Gasteiger partial charge on any atom is -0.504 e. The summed E-state index contributed by atoms with van der Waals surface area (Å²) >= 11 is 0. The lowest BCUT2D eigenvalue weighted by Gasteiger charge is -2.64. The summed E-state index contributed by atoms with van der Waals surface area (Å²) in [5, 5.41) is 22.7. The number of aromatic hydroxyl groups is 1. The molecule has 0 aromatic heterocycles. The standard InChI is InChI=1S/C21H28N2O4/c1-26-22-14-6-7-21(25)16-10-13-4-5-15(24)18-17(13)20(21,19(14)27-18)8-9-23(16)11-12-2-3-12/h4-5,12,14,16,19,22,24-25H,2-3,6-11H2,1H3/t14-,16+,19-,20-,21+/m0/s1. The number of benzene rings is 1. The molecule has 146 valence electrons. The Bertz CT molecular complexity index is 797. The van der Waals surface area contributed by atoms with Gasteiger partial charge in [0.2, 0.25) is 0 Å². The van der Waals surface area contributed by atoms with Gasteiger partial charge in [-0.2, -0.15) is 5.48 Å². The van der Waals surface area contributed by atoms with E-state index in [4.69, 9.17) is 9.57 Å². The fourth-order valence-corrected chi connectivity index (χ4v) is 6.75. The summed E-state index contributed by atoms with van der Waals surface area (Å²) < 4.78 is 6.40. The number of likely N-dealkylation sites (tertiary alicyclic amines) is 1. The molecule has 3 N–H and O–H groups in total. The highest BCUT2D eigenvalue weighted by Gasteiger charge is 2.73. The summed E-state index contributed by atoms with van der Waals surface area (Å²) in [4.78, 5) is 7.82. The maximum atomic E-state index is 12.2. The van der Waals surface area contributed by atoms with Gasteiger partial charge in [-0.15, -0.1) is 0 Å². The largest absolute Gasteiger partial charge is 0.504 e. The van der Waals surface area contributed by atoms with E-state index in [1.807, 2.05) is 6.07 Å². The molecule has 2 heterocycles. The van der Waals surface area contributed by atoms with Crippen molar-refractivity contribution in [3.05, 3.63) is 23.3 Å². The van der Waals surface area contributed by atoms with Crippen molar-refractivity contribution >= 4 is 0 Å². The lowest BCUT2D eigenvalue weighted by molar-refractivity contribution is -0.199. The molecule has 0 amide bonds. The Kier molecular flexibility index (Phi) is 3.31. The zero-order valence-corrected chi connectivity index (χ0v) is 15.8. The van der Waals surface area contributed by atoms with Crippen molar-refractivity contribution in [2.75, 3.05) is 20.2 Å². The minimum absolute atomic E-state index is 0.00339. The number of piperidine rings is 1. The van der Waals surface area contributed by atoms with Crippen molar-refractivity contribution in [1.29, 1.82) is 0 Å². The van der Waals surface area contributed by atoms with Crippen LogP contribution in [0.3, 0.4) is 0 Å². The van der Waals surface area contributed by atoms with Gasteiger partial charge in [-0.05, 0) is 62.6 Å². The molecule has 6 rings (SSSR count). The SMILES string of the molecule is CON[C@H]1CC[C@@]2(O)[C@H]3Cc4ccc(O)c5c4[C@@]2(CCN3CC2CC2)[C@H]1O5. The zero-order chi connectivity index (χ0) is 18.4. The Morgan fingerprint density at radius 3 is 2.93 bits per heavy atom. The summed E-state index contributed by atoms with van der Waals surface area (Å²) in [6.45, 7) is 2.09. The molecule has 3 fully saturated rings. The Balaban J connectivity index is 1.53. The lowest BCUT2D eigenvalue weighted by atomic mass is 9.48. The van der Waals surface area contributed by atoms with Crippen LogP contribution in [0.25, 0.3) is 0 Å². The molecule has 27 heavy (non-hydrogen) atoms. The monoisotopic (exact) mass is 372 g/mol. The van der Waals surface area contributed by atoms with Crippen LogP contribution in [0.4, 0.5) is 0 Å². The van der Waals surface area contributed by atoms with E-state index in [0.29, 0.717) is 5.75 Å². The van der Waals surface area contributed by atoms with Crippen LogP contribution in [0.5, 0.6) is 11.5 Å². The molecule has 6 heteroatoms. The lowest BCUT2D eigenvalue weighted by Crippen LogP contribution is -2.78. The number of phenolic OH excluding ortho intramolecular Hbond substituents is 1. The van der Waals surface area contributed by atoms with Gasteiger partial charge < -0.3 is 19.8 Å². The van der Waals surface area contributed by atoms with E-state index < -0.39 is 11.0 Å². The smallest absolute Gasteiger partial charge is 0.165 e. The molecular weight excluding hydrogens is 344 g/mol. The van der Waals surface area contributed by atoms with Gasteiger partial charge in [-0.3, -0.25) is 4.90 Å². The highest BCUT2D eigenvalue weighted by Crippen LogP contribution is 2.65. The molecule has 0 radical (unpaired) electrons. The molecule has 2 bridgehead atoms. The number of aliphatic hydroxyl groups is 1. The molecule has 2 aliphatic heterocycles. The average molecular weight is 372 g/mol. The molecule has 1 saturated heterocycles. The molecule has 0 unspecified atom stereocenters.